The van der Waals surface area contributed by atoms with Crippen LogP contribution in [0.3, 0.4) is 0 Å². The van der Waals surface area contributed by atoms with Crippen molar-refractivity contribution in [3.05, 3.63) is 34.5 Å². The van der Waals surface area contributed by atoms with Gasteiger partial charge < -0.3 is 4.74 Å². The molecule has 0 N–H and O–H groups in total. The Labute approximate surface area is 159 Å². The van der Waals surface area contributed by atoms with E-state index in [1.807, 2.05) is 0 Å². The summed E-state index contributed by atoms with van der Waals surface area (Å²) in [6.07, 6.45) is 5.55. The first-order valence-corrected chi connectivity index (χ1v) is 10.1. The van der Waals surface area contributed by atoms with Gasteiger partial charge in [0.25, 0.3) is 0 Å². The number of aromatic nitrogens is 4. The number of nitrogens with zero attached hydrogens (tertiary/aromatic N) is 4. The van der Waals surface area contributed by atoms with Crippen molar-refractivity contribution >= 4 is 16.9 Å². The third-order valence-corrected chi connectivity index (χ3v) is 5.67. The van der Waals surface area contributed by atoms with Crippen LogP contribution in [0, 0.1) is 11.8 Å². The van der Waals surface area contributed by atoms with Gasteiger partial charge in [-0.1, -0.05) is 44.3 Å². The van der Waals surface area contributed by atoms with Crippen molar-refractivity contribution in [2.24, 2.45) is 11.8 Å². The molecule has 0 bridgehead atoms. The second kappa shape index (κ2) is 7.84. The fourth-order valence-corrected chi connectivity index (χ4v) is 4.35. The van der Waals surface area contributed by atoms with Crippen LogP contribution in [0.25, 0.3) is 16.3 Å². The zero-order valence-corrected chi connectivity index (χ0v) is 17.3. The molecule has 3 rings (SSSR count). The van der Waals surface area contributed by atoms with Crippen LogP contribution < -0.4 is 0 Å². The number of methoxy groups -OCH3 is 1. The Morgan fingerprint density at radius 3 is 2.62 bits per heavy atom. The molecular formula is C20H28N4OS. The molecule has 0 saturated heterocycles. The molecule has 0 radical (unpaired) electrons. The minimum atomic E-state index is 0.144. The first-order chi connectivity index (χ1) is 12.4. The highest BCUT2D eigenvalue weighted by Crippen LogP contribution is 2.34. The van der Waals surface area contributed by atoms with Crippen LogP contribution in [0.2, 0.25) is 0 Å². The number of aryl methyl sites for hydroxylation is 1. The summed E-state index contributed by atoms with van der Waals surface area (Å²) < 4.78 is 7.65. The smallest absolute Gasteiger partial charge is 0.168 e. The van der Waals surface area contributed by atoms with E-state index in [4.69, 9.17) is 9.84 Å². The van der Waals surface area contributed by atoms with Gasteiger partial charge >= 0.3 is 0 Å². The number of allylic oxidation sites excluding steroid dienone is 2. The van der Waals surface area contributed by atoms with Gasteiger partial charge in [0.05, 0.1) is 6.10 Å². The molecule has 26 heavy (non-hydrogen) atoms. The summed E-state index contributed by atoms with van der Waals surface area (Å²) in [6.45, 7) is 11.7. The lowest BCUT2D eigenvalue weighted by Crippen LogP contribution is -2.23. The molecule has 2 atom stereocenters. The Morgan fingerprint density at radius 1 is 1.27 bits per heavy atom. The molecule has 0 aliphatic heterocycles. The van der Waals surface area contributed by atoms with Crippen molar-refractivity contribution in [2.75, 3.05) is 7.11 Å². The van der Waals surface area contributed by atoms with Crippen molar-refractivity contribution in [3.8, 4) is 10.7 Å². The quantitative estimate of drug-likeness (QED) is 0.743. The van der Waals surface area contributed by atoms with Crippen LogP contribution in [0.1, 0.15) is 45.3 Å². The highest BCUT2D eigenvalue weighted by molar-refractivity contribution is 7.15. The van der Waals surface area contributed by atoms with E-state index in [1.54, 1.807) is 18.4 Å². The molecule has 0 aromatic carbocycles. The standard InChI is InChI=1S/C20H28N4OS/c1-7-24-16(8-12(2)3)11-17(23-24)20-22-21-19(26-20)15-9-13(4)18(25-6)14(5)10-15/h9-13,18H,7-8H2,1-6H3. The number of ether oxygens (including phenoxy) is 1. The van der Waals surface area contributed by atoms with Crippen molar-refractivity contribution in [3.63, 3.8) is 0 Å². The van der Waals surface area contributed by atoms with Gasteiger partial charge in [0.15, 0.2) is 5.01 Å². The summed E-state index contributed by atoms with van der Waals surface area (Å²) in [5.74, 6) is 0.926. The molecule has 1 aliphatic carbocycles. The zero-order valence-electron chi connectivity index (χ0n) is 16.5. The van der Waals surface area contributed by atoms with Gasteiger partial charge in [-0.25, -0.2) is 0 Å². The average molecular weight is 373 g/mol. The van der Waals surface area contributed by atoms with Crippen LogP contribution in [0.15, 0.2) is 23.8 Å². The molecule has 2 aromatic rings. The maximum Gasteiger partial charge on any atom is 0.168 e. The van der Waals surface area contributed by atoms with Crippen LogP contribution >= 0.6 is 11.3 Å². The van der Waals surface area contributed by atoms with Crippen molar-refractivity contribution in [1.82, 2.24) is 20.0 Å². The van der Waals surface area contributed by atoms with Gasteiger partial charge in [-0.3, -0.25) is 4.68 Å². The molecule has 0 fully saturated rings. The normalized spacial score (nSPS) is 20.4. The summed E-state index contributed by atoms with van der Waals surface area (Å²) >= 11 is 1.61. The minimum Gasteiger partial charge on any atom is -0.377 e. The van der Waals surface area contributed by atoms with Crippen LogP contribution in [0.5, 0.6) is 0 Å². The topological polar surface area (TPSA) is 52.8 Å². The molecule has 0 amide bonds. The maximum absolute atomic E-state index is 5.58. The van der Waals surface area contributed by atoms with Crippen LogP contribution in [0.4, 0.5) is 0 Å². The van der Waals surface area contributed by atoms with Gasteiger partial charge in [-0.15, -0.1) is 10.2 Å². The lowest BCUT2D eigenvalue weighted by molar-refractivity contribution is 0.102. The SMILES string of the molecule is CCn1nc(-c2nnc(C3=CC(C)C(OC)C(C)=C3)s2)cc1CC(C)C. The second-order valence-electron chi connectivity index (χ2n) is 7.37. The second-order valence-corrected chi connectivity index (χ2v) is 8.35. The first-order valence-electron chi connectivity index (χ1n) is 9.26. The summed E-state index contributed by atoms with van der Waals surface area (Å²) in [5.41, 5.74) is 4.54. The number of hydrogen-bond acceptors (Lipinski definition) is 5. The lowest BCUT2D eigenvalue weighted by Gasteiger charge is -2.25. The van der Waals surface area contributed by atoms with Crippen molar-refractivity contribution in [2.45, 2.75) is 53.7 Å². The summed E-state index contributed by atoms with van der Waals surface area (Å²) in [4.78, 5) is 0. The molecule has 1 aliphatic rings. The van der Waals surface area contributed by atoms with Crippen LogP contribution in [-0.2, 0) is 17.7 Å². The lowest BCUT2D eigenvalue weighted by atomic mass is 9.89. The van der Waals surface area contributed by atoms with E-state index in [2.05, 4.69) is 67.7 Å². The average Bonchev–Trinajstić information content (AvgIpc) is 3.20. The maximum atomic E-state index is 5.58. The fourth-order valence-electron chi connectivity index (χ4n) is 3.55. The summed E-state index contributed by atoms with van der Waals surface area (Å²) in [6, 6.07) is 2.16. The third kappa shape index (κ3) is 3.81. The monoisotopic (exact) mass is 372 g/mol. The van der Waals surface area contributed by atoms with Crippen molar-refractivity contribution in [1.29, 1.82) is 0 Å². The Balaban J connectivity index is 1.88. The highest BCUT2D eigenvalue weighted by Gasteiger charge is 2.24. The van der Waals surface area contributed by atoms with E-state index in [-0.39, 0.29) is 6.10 Å². The van der Waals surface area contributed by atoms with Crippen LogP contribution in [-0.4, -0.2) is 33.2 Å². The zero-order chi connectivity index (χ0) is 18.8. The minimum absolute atomic E-state index is 0.144. The van der Waals surface area contributed by atoms with E-state index in [9.17, 15) is 0 Å². The van der Waals surface area contributed by atoms with Gasteiger partial charge in [0, 0.05) is 30.8 Å². The molecule has 2 heterocycles. The summed E-state index contributed by atoms with van der Waals surface area (Å²) in [5, 5.41) is 15.4. The highest BCUT2D eigenvalue weighted by atomic mass is 32.1. The van der Waals surface area contributed by atoms with E-state index >= 15 is 0 Å². The largest absolute Gasteiger partial charge is 0.377 e. The first kappa shape index (κ1) is 19.0. The van der Waals surface area contributed by atoms with E-state index in [0.717, 1.165) is 34.2 Å². The Bertz CT molecular complexity index is 831. The fraction of sp³-hybridized carbons (Fsp3) is 0.550. The van der Waals surface area contributed by atoms with Gasteiger partial charge in [-0.2, -0.15) is 5.10 Å². The Kier molecular flexibility index (Phi) is 5.73. The molecule has 2 aromatic heterocycles. The molecule has 2 unspecified atom stereocenters. The van der Waals surface area contributed by atoms with E-state index in [0.29, 0.717) is 11.8 Å². The van der Waals surface area contributed by atoms with Gasteiger partial charge in [0.2, 0.25) is 0 Å². The molecule has 0 saturated carbocycles. The number of rotatable bonds is 6. The molecule has 140 valence electrons. The molecule has 0 spiro atoms. The van der Waals surface area contributed by atoms with E-state index in [1.165, 1.54) is 11.3 Å². The number of hydrogen-bond donors (Lipinski definition) is 0. The Hall–Kier alpha value is -1.79. The third-order valence-electron chi connectivity index (χ3n) is 4.68. The molecular weight excluding hydrogens is 344 g/mol. The van der Waals surface area contributed by atoms with Gasteiger partial charge in [0.1, 0.15) is 10.7 Å². The van der Waals surface area contributed by atoms with Gasteiger partial charge in [-0.05, 0) is 37.8 Å². The molecule has 5 nitrogen and oxygen atoms in total. The predicted molar refractivity (Wildman–Crippen MR) is 107 cm³/mol. The van der Waals surface area contributed by atoms with E-state index < -0.39 is 0 Å². The predicted octanol–water partition coefficient (Wildman–Crippen LogP) is 4.61. The molecule has 6 heteroatoms. The van der Waals surface area contributed by atoms with Crippen molar-refractivity contribution < 1.29 is 4.74 Å². The Morgan fingerprint density at radius 2 is 2.00 bits per heavy atom. The summed E-state index contributed by atoms with van der Waals surface area (Å²) in [7, 11) is 1.76.